The first-order valence-corrected chi connectivity index (χ1v) is 49.5. The standard InChI is InChI=1S/C47H32N4O.C47H35N3.C41H28N4/c1-52-44-22-12-21-43(48-44)32-25-23-31(24-26-32)36-27-37(42-30-35-17-8-9-18-39(35)40-19-10-11-20-41(40)42)29-38(28-36)47-50-45(33-13-4-2-5-14-33)49-46(51-47)34-15-6-3-7-16-34;1-30-22-23-33(29-48-30)34-24-35(40-27-42-45(38-19-11-10-18-37(38)40)39-20-12-13-21-41(39)47(42,2)3)26-36(25-34)46-49-43(31-14-6-4-7-15-31)28-44(50-46)32-16-8-5-9-17-32;1-27-20-21-31(26-42-27)32-22-33(38-25-30-16-8-9-17-35(30)36-18-10-11-19-37(36)38)24-34(23-32)41-44-39(28-12-4-2-5-13-28)43-40(45-41)29-14-6-3-7-15-29/h2-30H,1H3;4-29H,1-3H3;2-26H,1H3. The molecule has 6 aromatic heterocycles. The van der Waals surface area contributed by atoms with Crippen molar-refractivity contribution < 1.29 is 4.74 Å². The maximum atomic E-state index is 5.38. The molecule has 1 aliphatic rings. The number of hydrogen-bond donors (Lipinski definition) is 0. The highest BCUT2D eigenvalue weighted by Crippen LogP contribution is 2.54. The average Bonchev–Trinajstić information content (AvgIpc) is 1.55. The van der Waals surface area contributed by atoms with Gasteiger partial charge in [-0.1, -0.05) is 384 Å². The number of aromatic nitrogens is 11. The fourth-order valence-corrected chi connectivity index (χ4v) is 20.4. The molecule has 0 bridgehead atoms. The van der Waals surface area contributed by atoms with Crippen LogP contribution in [-0.4, -0.2) is 61.9 Å². The Kier molecular flexibility index (Phi) is 24.2. The van der Waals surface area contributed by atoms with Crippen LogP contribution in [0.5, 0.6) is 5.88 Å². The zero-order valence-electron chi connectivity index (χ0n) is 81.5. The van der Waals surface area contributed by atoms with Crippen LogP contribution in [0.2, 0.25) is 0 Å². The summed E-state index contributed by atoms with van der Waals surface area (Å²) in [6.07, 6.45) is 3.91. The van der Waals surface area contributed by atoms with Crippen LogP contribution in [0.1, 0.15) is 36.4 Å². The largest absolute Gasteiger partial charge is 0.481 e. The quantitative estimate of drug-likeness (QED) is 0.0798. The number of hydrogen-bond acceptors (Lipinski definition) is 12. The van der Waals surface area contributed by atoms with E-state index in [0.29, 0.717) is 46.7 Å². The van der Waals surface area contributed by atoms with E-state index in [0.717, 1.165) is 145 Å². The van der Waals surface area contributed by atoms with E-state index in [2.05, 4.69) is 350 Å². The first-order chi connectivity index (χ1) is 72.3. The molecule has 6 heterocycles. The zero-order valence-corrected chi connectivity index (χ0v) is 81.5. The first-order valence-electron chi connectivity index (χ1n) is 49.5. The Labute approximate surface area is 853 Å². The molecule has 0 atom stereocenters. The summed E-state index contributed by atoms with van der Waals surface area (Å²) in [5, 5.41) is 12.2. The molecule has 0 unspecified atom stereocenters. The molecule has 12 nitrogen and oxygen atoms in total. The van der Waals surface area contributed by atoms with Crippen molar-refractivity contribution in [2.45, 2.75) is 33.1 Å². The molecule has 0 spiro atoms. The topological polar surface area (TPSA) is 151 Å². The second-order valence-electron chi connectivity index (χ2n) is 37.6. The van der Waals surface area contributed by atoms with E-state index in [1.165, 1.54) is 81.7 Å². The molecular weight excluding hydrogens is 1790 g/mol. The van der Waals surface area contributed by atoms with Crippen LogP contribution >= 0.6 is 0 Å². The number of methoxy groups -OCH3 is 1. The van der Waals surface area contributed by atoms with E-state index in [9.17, 15) is 0 Å². The molecule has 0 N–H and O–H groups in total. The Bertz CT molecular complexity index is 9110. The summed E-state index contributed by atoms with van der Waals surface area (Å²) in [6, 6.07) is 165. The van der Waals surface area contributed by atoms with Gasteiger partial charge in [0.2, 0.25) is 5.88 Å². The van der Waals surface area contributed by atoms with Gasteiger partial charge in [0.15, 0.2) is 40.8 Å². The Balaban J connectivity index is 0.000000118. The monoisotopic (exact) mass is 1890 g/mol. The van der Waals surface area contributed by atoms with E-state index < -0.39 is 0 Å². The van der Waals surface area contributed by atoms with Crippen LogP contribution in [0.25, 0.3) is 245 Å². The molecule has 1 aliphatic carbocycles. The second-order valence-corrected chi connectivity index (χ2v) is 37.6. The highest BCUT2D eigenvalue weighted by Gasteiger charge is 2.37. The highest BCUT2D eigenvalue weighted by molar-refractivity contribution is 6.16. The van der Waals surface area contributed by atoms with Crippen molar-refractivity contribution in [2.75, 3.05) is 7.11 Å². The first kappa shape index (κ1) is 90.4. The molecule has 0 aliphatic heterocycles. The SMILES string of the molecule is COc1cccc(-c2ccc(-c3cc(-c4nc(-c5ccccc5)nc(-c5ccccc5)n4)cc(-c4cc5ccccc5c5ccccc45)c3)cc2)n1.Cc1ccc(-c2cc(-c3nc(-c4ccccc4)cc(-c4ccccc4)n3)cc(-c3cc4c(c5ccccc35)-c3ccccc3C4(C)C)c2)cn1.Cc1ccc(-c2cc(-c3nc(-c4ccccc4)nc(-c4ccccc4)n3)cc(-c3cc4ccccc4c4ccccc34)c2)cn1. The van der Waals surface area contributed by atoms with Crippen molar-refractivity contribution in [1.82, 2.24) is 54.8 Å². The number of pyridine rings is 3. The average molecular weight is 1890 g/mol. The zero-order chi connectivity index (χ0) is 98.8. The van der Waals surface area contributed by atoms with Gasteiger partial charge >= 0.3 is 0 Å². The van der Waals surface area contributed by atoms with Crippen LogP contribution in [0, 0.1) is 13.8 Å². The van der Waals surface area contributed by atoms with Crippen LogP contribution in [0.15, 0.2) is 486 Å². The van der Waals surface area contributed by atoms with E-state index >= 15 is 0 Å². The van der Waals surface area contributed by atoms with E-state index in [1.807, 2.05) is 178 Å². The molecule has 0 radical (unpaired) electrons. The van der Waals surface area contributed by atoms with Crippen molar-refractivity contribution >= 4 is 53.9 Å². The number of nitrogens with zero attached hydrogens (tertiary/aromatic N) is 11. The summed E-state index contributed by atoms with van der Waals surface area (Å²) in [6.45, 7) is 8.73. The Morgan fingerprint density at radius 1 is 0.184 bits per heavy atom. The van der Waals surface area contributed by atoms with Gasteiger partial charge in [0.25, 0.3) is 0 Å². The lowest BCUT2D eigenvalue weighted by Crippen LogP contribution is -2.15. The van der Waals surface area contributed by atoms with Crippen LogP contribution in [0.4, 0.5) is 0 Å². The summed E-state index contributed by atoms with van der Waals surface area (Å²) >= 11 is 0. The lowest BCUT2D eigenvalue weighted by atomic mass is 9.80. The van der Waals surface area contributed by atoms with Crippen molar-refractivity contribution in [3.05, 3.63) is 508 Å². The van der Waals surface area contributed by atoms with Gasteiger partial charge in [0.1, 0.15) is 0 Å². The molecule has 26 rings (SSSR count). The lowest BCUT2D eigenvalue weighted by Gasteiger charge is -2.23. The smallest absolute Gasteiger partial charge is 0.213 e. The number of rotatable bonds is 17. The van der Waals surface area contributed by atoms with Gasteiger partial charge in [-0.05, 0) is 243 Å². The van der Waals surface area contributed by atoms with Crippen LogP contribution in [0.3, 0.4) is 0 Å². The molecule has 0 fully saturated rings. The summed E-state index contributed by atoms with van der Waals surface area (Å²) in [5.41, 5.74) is 32.7. The normalized spacial score (nSPS) is 11.8. The Morgan fingerprint density at radius 2 is 0.490 bits per heavy atom. The predicted molar refractivity (Wildman–Crippen MR) is 603 cm³/mol. The predicted octanol–water partition coefficient (Wildman–Crippen LogP) is 33.8. The van der Waals surface area contributed by atoms with Gasteiger partial charge in [-0.3, -0.25) is 9.97 Å². The van der Waals surface area contributed by atoms with E-state index in [4.69, 9.17) is 44.6 Å². The summed E-state index contributed by atoms with van der Waals surface area (Å²) in [7, 11) is 1.64. The number of benzene rings is 19. The fourth-order valence-electron chi connectivity index (χ4n) is 20.4. The molecular formula is C135H95N11O. The maximum absolute atomic E-state index is 5.38. The molecule has 25 aromatic rings. The minimum absolute atomic E-state index is 0.135. The number of ether oxygens (including phenoxy) is 1. The fraction of sp³-hybridized carbons (Fsp3) is 0.0444. The van der Waals surface area contributed by atoms with Crippen molar-refractivity contribution in [3.8, 4) is 197 Å². The van der Waals surface area contributed by atoms with Gasteiger partial charge in [0, 0.05) is 102 Å². The van der Waals surface area contributed by atoms with Gasteiger partial charge in [-0.25, -0.2) is 44.9 Å². The number of aryl methyl sites for hydroxylation is 2. The van der Waals surface area contributed by atoms with E-state index in [-0.39, 0.29) is 5.41 Å². The third kappa shape index (κ3) is 18.3. The lowest BCUT2D eigenvalue weighted by molar-refractivity contribution is 0.398. The second kappa shape index (κ2) is 39.4. The molecule has 0 saturated carbocycles. The Hall–Kier alpha value is -19.2. The molecule has 0 saturated heterocycles. The van der Waals surface area contributed by atoms with Gasteiger partial charge < -0.3 is 4.74 Å². The van der Waals surface area contributed by atoms with Crippen LogP contribution < -0.4 is 4.74 Å². The molecule has 147 heavy (non-hydrogen) atoms. The van der Waals surface area contributed by atoms with Crippen molar-refractivity contribution in [3.63, 3.8) is 0 Å². The highest BCUT2D eigenvalue weighted by atomic mass is 16.5. The Morgan fingerprint density at radius 3 is 0.898 bits per heavy atom. The minimum Gasteiger partial charge on any atom is -0.481 e. The summed E-state index contributed by atoms with van der Waals surface area (Å²) < 4.78 is 5.38. The molecule has 0 amide bonds. The molecule has 696 valence electrons. The van der Waals surface area contributed by atoms with E-state index in [1.54, 1.807) is 7.11 Å². The van der Waals surface area contributed by atoms with Gasteiger partial charge in [0.05, 0.1) is 24.2 Å². The number of fused-ring (bicyclic) bond motifs is 11. The summed E-state index contributed by atoms with van der Waals surface area (Å²) in [5.74, 6) is 5.04. The van der Waals surface area contributed by atoms with Crippen LogP contribution in [-0.2, 0) is 5.41 Å². The van der Waals surface area contributed by atoms with Crippen molar-refractivity contribution in [2.24, 2.45) is 0 Å². The third-order valence-electron chi connectivity index (χ3n) is 27.8. The van der Waals surface area contributed by atoms with Gasteiger partial charge in [-0.2, -0.15) is 0 Å². The van der Waals surface area contributed by atoms with Crippen molar-refractivity contribution in [1.29, 1.82) is 0 Å². The van der Waals surface area contributed by atoms with Gasteiger partial charge in [-0.15, -0.1) is 0 Å². The molecule has 19 aromatic carbocycles. The molecule has 12 heteroatoms. The minimum atomic E-state index is -0.135. The third-order valence-corrected chi connectivity index (χ3v) is 27.8. The summed E-state index contributed by atoms with van der Waals surface area (Å²) in [4.78, 5) is 54.6. The maximum Gasteiger partial charge on any atom is 0.213 e.